The lowest BCUT2D eigenvalue weighted by Crippen LogP contribution is -2.24. The summed E-state index contributed by atoms with van der Waals surface area (Å²) in [6, 6.07) is 20.4. The number of para-hydroxylation sites is 1. The summed E-state index contributed by atoms with van der Waals surface area (Å²) in [4.78, 5) is 4.70. The second kappa shape index (κ2) is 7.84. The third-order valence-electron chi connectivity index (χ3n) is 5.03. The van der Waals surface area contributed by atoms with Crippen LogP contribution in [0.4, 0.5) is 18.9 Å². The predicted octanol–water partition coefficient (Wildman–Crippen LogP) is 4.77. The topological polar surface area (TPSA) is 42.5 Å². The van der Waals surface area contributed by atoms with E-state index in [1.165, 1.54) is 12.1 Å². The molecule has 1 N–H and O–H groups in total. The average Bonchev–Trinajstić information content (AvgIpc) is 3.00. The second-order valence-electron chi connectivity index (χ2n) is 7.07. The Morgan fingerprint density at radius 3 is 2.17 bits per heavy atom. The summed E-state index contributed by atoms with van der Waals surface area (Å²) in [6.07, 6.45) is -4.43. The molecule has 0 spiro atoms. The molecule has 0 bridgehead atoms. The first-order valence-corrected chi connectivity index (χ1v) is 9.42. The summed E-state index contributed by atoms with van der Waals surface area (Å²) < 4.78 is 43.6. The Morgan fingerprint density at radius 2 is 1.53 bits per heavy atom. The summed E-state index contributed by atoms with van der Waals surface area (Å²) in [5.41, 5.74) is 3.33. The summed E-state index contributed by atoms with van der Waals surface area (Å²) in [5, 5.41) is 9.25. The maximum atomic E-state index is 13.3. The fourth-order valence-corrected chi connectivity index (χ4v) is 3.44. The van der Waals surface area contributed by atoms with E-state index in [4.69, 9.17) is 4.99 Å². The van der Waals surface area contributed by atoms with Gasteiger partial charge in [-0.05, 0) is 41.5 Å². The average molecular weight is 411 g/mol. The van der Waals surface area contributed by atoms with Gasteiger partial charge in [0.25, 0.3) is 0 Å². The van der Waals surface area contributed by atoms with E-state index in [1.807, 2.05) is 42.5 Å². The standard InChI is InChI=1S/C23H20F3N3O/c1-28-20-12-11-18(23(24,25)26)13-21(20)29(14-16-7-9-17(15-30)10-8-16)22(28)27-19-5-3-2-4-6-19/h2-13,30H,14-15H2,1H3/b27-22-. The van der Waals surface area contributed by atoms with Crippen LogP contribution in [0.2, 0.25) is 0 Å². The van der Waals surface area contributed by atoms with Crippen LogP contribution in [0.25, 0.3) is 11.0 Å². The molecule has 4 nitrogen and oxygen atoms in total. The van der Waals surface area contributed by atoms with Crippen LogP contribution in [-0.4, -0.2) is 14.2 Å². The summed E-state index contributed by atoms with van der Waals surface area (Å²) in [6.45, 7) is 0.279. The number of fused-ring (bicyclic) bond motifs is 1. The SMILES string of the molecule is Cn1/c(=N/c2ccccc2)n(Cc2ccc(CO)cc2)c2cc(C(F)(F)F)ccc21. The molecule has 3 aromatic carbocycles. The fraction of sp³-hybridized carbons (Fsp3) is 0.174. The molecule has 0 aliphatic rings. The maximum absolute atomic E-state index is 13.3. The van der Waals surface area contributed by atoms with Gasteiger partial charge in [0.1, 0.15) is 0 Å². The van der Waals surface area contributed by atoms with Crippen LogP contribution in [-0.2, 0) is 26.4 Å². The van der Waals surface area contributed by atoms with Crippen LogP contribution in [0, 0.1) is 0 Å². The van der Waals surface area contributed by atoms with Gasteiger partial charge in [-0.15, -0.1) is 0 Å². The predicted molar refractivity (Wildman–Crippen MR) is 109 cm³/mol. The van der Waals surface area contributed by atoms with Crippen LogP contribution in [0.15, 0.2) is 77.8 Å². The number of hydrogen-bond donors (Lipinski definition) is 1. The van der Waals surface area contributed by atoms with Gasteiger partial charge >= 0.3 is 6.18 Å². The fourth-order valence-electron chi connectivity index (χ4n) is 3.44. The summed E-state index contributed by atoms with van der Waals surface area (Å²) in [7, 11) is 1.79. The molecule has 154 valence electrons. The van der Waals surface area contributed by atoms with Crippen molar-refractivity contribution in [2.24, 2.45) is 12.0 Å². The van der Waals surface area contributed by atoms with E-state index in [2.05, 4.69) is 0 Å². The molecule has 0 saturated heterocycles. The second-order valence-corrected chi connectivity index (χ2v) is 7.07. The lowest BCUT2D eigenvalue weighted by Gasteiger charge is -2.09. The van der Waals surface area contributed by atoms with Gasteiger partial charge in [-0.2, -0.15) is 13.2 Å². The molecule has 1 aromatic heterocycles. The highest BCUT2D eigenvalue weighted by Crippen LogP contribution is 2.31. The molecule has 0 saturated carbocycles. The number of aryl methyl sites for hydroxylation is 1. The number of nitrogens with zero attached hydrogens (tertiary/aromatic N) is 3. The zero-order chi connectivity index (χ0) is 21.3. The molecule has 0 radical (unpaired) electrons. The number of halogens is 3. The number of hydrogen-bond acceptors (Lipinski definition) is 2. The smallest absolute Gasteiger partial charge is 0.392 e. The van der Waals surface area contributed by atoms with Crippen molar-refractivity contribution in [2.45, 2.75) is 19.3 Å². The monoisotopic (exact) mass is 411 g/mol. The molecule has 4 aromatic rings. The van der Waals surface area contributed by atoms with E-state index in [0.717, 1.165) is 17.2 Å². The number of benzene rings is 3. The first-order valence-electron chi connectivity index (χ1n) is 9.42. The van der Waals surface area contributed by atoms with E-state index in [1.54, 1.807) is 28.3 Å². The third-order valence-corrected chi connectivity index (χ3v) is 5.03. The highest BCUT2D eigenvalue weighted by atomic mass is 19.4. The number of rotatable bonds is 4. The van der Waals surface area contributed by atoms with Crippen LogP contribution >= 0.6 is 0 Å². The minimum absolute atomic E-state index is 0.0643. The zero-order valence-corrected chi connectivity index (χ0v) is 16.3. The van der Waals surface area contributed by atoms with Crippen LogP contribution in [0.1, 0.15) is 16.7 Å². The Kier molecular flexibility index (Phi) is 5.22. The first-order chi connectivity index (χ1) is 14.4. The van der Waals surface area contributed by atoms with Gasteiger partial charge in [0.2, 0.25) is 5.62 Å². The Morgan fingerprint density at radius 1 is 0.867 bits per heavy atom. The molecule has 30 heavy (non-hydrogen) atoms. The zero-order valence-electron chi connectivity index (χ0n) is 16.3. The van der Waals surface area contributed by atoms with Gasteiger partial charge in [0, 0.05) is 7.05 Å². The Hall–Kier alpha value is -3.32. The molecule has 0 atom stereocenters. The molecule has 1 heterocycles. The van der Waals surface area contributed by atoms with Gasteiger partial charge in [-0.25, -0.2) is 4.99 Å². The lowest BCUT2D eigenvalue weighted by atomic mass is 10.1. The lowest BCUT2D eigenvalue weighted by molar-refractivity contribution is -0.137. The van der Waals surface area contributed by atoms with Gasteiger partial charge < -0.3 is 14.2 Å². The molecule has 0 aliphatic heterocycles. The first kappa shape index (κ1) is 20.0. The van der Waals surface area contributed by atoms with E-state index in [-0.39, 0.29) is 6.61 Å². The van der Waals surface area contributed by atoms with E-state index < -0.39 is 11.7 Å². The number of aliphatic hydroxyl groups excluding tert-OH is 1. The van der Waals surface area contributed by atoms with Gasteiger partial charge in [-0.1, -0.05) is 42.5 Å². The van der Waals surface area contributed by atoms with Crippen molar-refractivity contribution >= 4 is 16.7 Å². The maximum Gasteiger partial charge on any atom is 0.416 e. The molecular formula is C23H20F3N3O. The molecule has 0 aliphatic carbocycles. The number of aliphatic hydroxyl groups is 1. The summed E-state index contributed by atoms with van der Waals surface area (Å²) >= 11 is 0. The highest BCUT2D eigenvalue weighted by Gasteiger charge is 2.31. The van der Waals surface area contributed by atoms with Crippen molar-refractivity contribution in [1.29, 1.82) is 0 Å². The van der Waals surface area contributed by atoms with Crippen molar-refractivity contribution in [1.82, 2.24) is 9.13 Å². The van der Waals surface area contributed by atoms with Gasteiger partial charge in [0.05, 0.1) is 35.4 Å². The Labute approximate surface area is 171 Å². The normalized spacial score (nSPS) is 12.6. The Bertz CT molecular complexity index is 1240. The summed E-state index contributed by atoms with van der Waals surface area (Å²) in [5.74, 6) is 0. The van der Waals surface area contributed by atoms with Gasteiger partial charge in [0.15, 0.2) is 0 Å². The van der Waals surface area contributed by atoms with E-state index >= 15 is 0 Å². The van der Waals surface area contributed by atoms with Crippen LogP contribution in [0.3, 0.4) is 0 Å². The molecule has 0 amide bonds. The largest absolute Gasteiger partial charge is 0.416 e. The quantitative estimate of drug-likeness (QED) is 0.516. The van der Waals surface area contributed by atoms with Crippen molar-refractivity contribution in [2.75, 3.05) is 0 Å². The number of alkyl halides is 3. The number of aromatic nitrogens is 2. The van der Waals surface area contributed by atoms with Crippen LogP contribution in [0.5, 0.6) is 0 Å². The molecule has 0 fully saturated rings. The van der Waals surface area contributed by atoms with Crippen LogP contribution < -0.4 is 5.62 Å². The van der Waals surface area contributed by atoms with Crippen molar-refractivity contribution in [3.8, 4) is 0 Å². The minimum atomic E-state index is -4.43. The highest BCUT2D eigenvalue weighted by molar-refractivity contribution is 5.77. The van der Waals surface area contributed by atoms with Crippen molar-refractivity contribution in [3.63, 3.8) is 0 Å². The molecule has 4 rings (SSSR count). The van der Waals surface area contributed by atoms with Gasteiger partial charge in [-0.3, -0.25) is 0 Å². The Balaban J connectivity index is 1.95. The molecular weight excluding hydrogens is 391 g/mol. The minimum Gasteiger partial charge on any atom is -0.392 e. The van der Waals surface area contributed by atoms with E-state index in [0.29, 0.717) is 28.9 Å². The van der Waals surface area contributed by atoms with E-state index in [9.17, 15) is 18.3 Å². The van der Waals surface area contributed by atoms with Crippen molar-refractivity contribution in [3.05, 3.63) is 95.1 Å². The number of imidazole rings is 1. The molecule has 7 heteroatoms. The molecule has 0 unspecified atom stereocenters. The van der Waals surface area contributed by atoms with Crippen molar-refractivity contribution < 1.29 is 18.3 Å². The third kappa shape index (κ3) is 3.89.